The summed E-state index contributed by atoms with van der Waals surface area (Å²) < 4.78 is 0. The fourth-order valence-electron chi connectivity index (χ4n) is 2.58. The van der Waals surface area contributed by atoms with Crippen molar-refractivity contribution in [3.05, 3.63) is 30.1 Å². The van der Waals surface area contributed by atoms with Crippen LogP contribution in [0.1, 0.15) is 25.5 Å². The van der Waals surface area contributed by atoms with Crippen LogP contribution >= 0.6 is 0 Å². The van der Waals surface area contributed by atoms with Gasteiger partial charge in [-0.2, -0.15) is 0 Å². The van der Waals surface area contributed by atoms with E-state index in [1.165, 1.54) is 0 Å². The highest BCUT2D eigenvalue weighted by Gasteiger charge is 2.32. The molecule has 1 aliphatic rings. The van der Waals surface area contributed by atoms with Gasteiger partial charge in [-0.1, -0.05) is 6.07 Å². The first-order valence-electron chi connectivity index (χ1n) is 7.25. The van der Waals surface area contributed by atoms with Crippen LogP contribution < -0.4 is 0 Å². The van der Waals surface area contributed by atoms with Crippen LogP contribution in [-0.4, -0.2) is 57.6 Å². The number of carboxylic acid groups (broad SMARTS) is 1. The molecule has 21 heavy (non-hydrogen) atoms. The van der Waals surface area contributed by atoms with Crippen molar-refractivity contribution >= 4 is 12.0 Å². The molecule has 6 nitrogen and oxygen atoms in total. The number of carbonyl (C=O) groups is 2. The van der Waals surface area contributed by atoms with Gasteiger partial charge in [0.2, 0.25) is 0 Å². The maximum absolute atomic E-state index is 12.2. The molecule has 2 rings (SSSR count). The van der Waals surface area contributed by atoms with Gasteiger partial charge in [0.1, 0.15) is 0 Å². The molecule has 1 aromatic heterocycles. The average molecular weight is 291 g/mol. The maximum Gasteiger partial charge on any atom is 0.320 e. The molecule has 1 fully saturated rings. The number of hydrogen-bond donors (Lipinski definition) is 1. The molecule has 1 N–H and O–H groups in total. The number of nitrogens with zero attached hydrogens (tertiary/aromatic N) is 3. The van der Waals surface area contributed by atoms with Gasteiger partial charge in [-0.25, -0.2) is 4.79 Å². The fourth-order valence-corrected chi connectivity index (χ4v) is 2.58. The first-order chi connectivity index (χ1) is 10.1. The highest BCUT2D eigenvalue weighted by atomic mass is 16.4. The quantitative estimate of drug-likeness (QED) is 0.828. The second kappa shape index (κ2) is 7.06. The molecule has 6 heteroatoms. The topological polar surface area (TPSA) is 73.7 Å². The minimum absolute atomic E-state index is 0.00643. The molecule has 0 bridgehead atoms. The van der Waals surface area contributed by atoms with E-state index in [1.807, 2.05) is 18.2 Å². The lowest BCUT2D eigenvalue weighted by Crippen LogP contribution is -2.39. The molecule has 2 heterocycles. The average Bonchev–Trinajstić information content (AvgIpc) is 2.81. The van der Waals surface area contributed by atoms with E-state index >= 15 is 0 Å². The normalized spacial score (nSPS) is 16.3. The number of aliphatic carboxylic acids is 1. The van der Waals surface area contributed by atoms with Crippen molar-refractivity contribution in [3.8, 4) is 0 Å². The molecule has 0 radical (unpaired) electrons. The van der Waals surface area contributed by atoms with E-state index in [9.17, 15) is 9.59 Å². The van der Waals surface area contributed by atoms with E-state index in [0.717, 1.165) is 18.5 Å². The lowest BCUT2D eigenvalue weighted by atomic mass is 10.2. The third-order valence-electron chi connectivity index (χ3n) is 3.72. The van der Waals surface area contributed by atoms with Crippen molar-refractivity contribution in [2.45, 2.75) is 32.2 Å². The monoisotopic (exact) mass is 291 g/mol. The number of pyridine rings is 1. The van der Waals surface area contributed by atoms with Gasteiger partial charge in [0.05, 0.1) is 6.42 Å². The number of carboxylic acids is 1. The number of aromatic nitrogens is 1. The van der Waals surface area contributed by atoms with E-state index in [1.54, 1.807) is 22.9 Å². The zero-order valence-corrected chi connectivity index (χ0v) is 12.2. The summed E-state index contributed by atoms with van der Waals surface area (Å²) in [5, 5.41) is 8.81. The summed E-state index contributed by atoms with van der Waals surface area (Å²) in [4.78, 5) is 30.6. The van der Waals surface area contributed by atoms with E-state index in [0.29, 0.717) is 19.6 Å². The lowest BCUT2D eigenvalue weighted by Gasteiger charge is -2.23. The second-order valence-electron chi connectivity index (χ2n) is 5.33. The second-order valence-corrected chi connectivity index (χ2v) is 5.33. The van der Waals surface area contributed by atoms with Crippen LogP contribution in [0, 0.1) is 0 Å². The van der Waals surface area contributed by atoms with Gasteiger partial charge >= 0.3 is 12.0 Å². The van der Waals surface area contributed by atoms with Crippen LogP contribution in [0.25, 0.3) is 0 Å². The Morgan fingerprint density at radius 2 is 2.24 bits per heavy atom. The Balaban J connectivity index is 1.78. The molecular formula is C15H21N3O3. The molecule has 0 spiro atoms. The van der Waals surface area contributed by atoms with Crippen LogP contribution in [0.3, 0.4) is 0 Å². The standard InChI is InChI=1S/C15H21N3O3/c1-12(11-14(19)20)18-10-9-17(15(18)21)8-4-6-13-5-2-3-7-16-13/h2-3,5,7,12H,4,6,8-11H2,1H3,(H,19,20)/t12-/m1/s1. The Bertz CT molecular complexity index is 492. The SMILES string of the molecule is C[C@H](CC(=O)O)N1CCN(CCCc2ccccn2)C1=O. The molecule has 1 saturated heterocycles. The van der Waals surface area contributed by atoms with E-state index in [4.69, 9.17) is 5.11 Å². The van der Waals surface area contributed by atoms with Crippen molar-refractivity contribution in [2.24, 2.45) is 0 Å². The Kier molecular flexibility index (Phi) is 5.14. The van der Waals surface area contributed by atoms with E-state index < -0.39 is 5.97 Å². The summed E-state index contributed by atoms with van der Waals surface area (Å²) in [6, 6.07) is 5.52. The third-order valence-corrected chi connectivity index (χ3v) is 3.72. The van der Waals surface area contributed by atoms with Crippen LogP contribution in [0.4, 0.5) is 4.79 Å². The van der Waals surface area contributed by atoms with E-state index in [-0.39, 0.29) is 18.5 Å². The van der Waals surface area contributed by atoms with Gasteiger partial charge in [0, 0.05) is 37.6 Å². The number of hydrogen-bond acceptors (Lipinski definition) is 3. The van der Waals surface area contributed by atoms with Crippen LogP contribution in [-0.2, 0) is 11.2 Å². The van der Waals surface area contributed by atoms with E-state index in [2.05, 4.69) is 4.98 Å². The van der Waals surface area contributed by atoms with Crippen LogP contribution in [0.2, 0.25) is 0 Å². The molecule has 1 atom stereocenters. The molecule has 1 aromatic rings. The molecular weight excluding hydrogens is 270 g/mol. The van der Waals surface area contributed by atoms with Crippen molar-refractivity contribution in [1.29, 1.82) is 0 Å². The summed E-state index contributed by atoms with van der Waals surface area (Å²) in [6.07, 6.45) is 3.47. The first kappa shape index (κ1) is 15.3. The van der Waals surface area contributed by atoms with Gasteiger partial charge in [-0.05, 0) is 31.9 Å². The summed E-state index contributed by atoms with van der Waals surface area (Å²) in [6.45, 7) is 3.75. The molecule has 0 aliphatic carbocycles. The Morgan fingerprint density at radius 1 is 1.43 bits per heavy atom. The highest BCUT2D eigenvalue weighted by molar-refractivity contribution is 5.78. The predicted molar refractivity (Wildman–Crippen MR) is 77.9 cm³/mol. The number of urea groups is 1. The zero-order chi connectivity index (χ0) is 15.2. The van der Waals surface area contributed by atoms with Gasteiger partial charge in [0.25, 0.3) is 0 Å². The van der Waals surface area contributed by atoms with Gasteiger partial charge in [-0.15, -0.1) is 0 Å². The third kappa shape index (κ3) is 4.18. The van der Waals surface area contributed by atoms with Crippen LogP contribution in [0.15, 0.2) is 24.4 Å². The minimum atomic E-state index is -0.871. The molecule has 0 aromatic carbocycles. The molecule has 2 amide bonds. The molecule has 0 unspecified atom stereocenters. The zero-order valence-electron chi connectivity index (χ0n) is 12.2. The summed E-state index contributed by atoms with van der Waals surface area (Å²) in [7, 11) is 0. The Morgan fingerprint density at radius 3 is 2.90 bits per heavy atom. The van der Waals surface area contributed by atoms with Crippen molar-refractivity contribution in [2.75, 3.05) is 19.6 Å². The first-order valence-corrected chi connectivity index (χ1v) is 7.25. The largest absolute Gasteiger partial charge is 0.481 e. The summed E-state index contributed by atoms with van der Waals surface area (Å²) in [5.41, 5.74) is 1.03. The van der Waals surface area contributed by atoms with Crippen LogP contribution in [0.5, 0.6) is 0 Å². The lowest BCUT2D eigenvalue weighted by molar-refractivity contribution is -0.137. The number of carbonyl (C=O) groups excluding carboxylic acids is 1. The van der Waals surface area contributed by atoms with Crippen molar-refractivity contribution in [3.63, 3.8) is 0 Å². The number of aryl methyl sites for hydroxylation is 1. The summed E-state index contributed by atoms with van der Waals surface area (Å²) >= 11 is 0. The number of amides is 2. The van der Waals surface area contributed by atoms with Crippen molar-refractivity contribution < 1.29 is 14.7 Å². The highest BCUT2D eigenvalue weighted by Crippen LogP contribution is 2.15. The predicted octanol–water partition coefficient (Wildman–Crippen LogP) is 1.61. The molecule has 114 valence electrons. The Labute approximate surface area is 124 Å². The summed E-state index contributed by atoms with van der Waals surface area (Å²) in [5.74, 6) is -0.871. The number of rotatable bonds is 7. The van der Waals surface area contributed by atoms with Crippen molar-refractivity contribution in [1.82, 2.24) is 14.8 Å². The van der Waals surface area contributed by atoms with Gasteiger partial charge in [0.15, 0.2) is 0 Å². The maximum atomic E-state index is 12.2. The van der Waals surface area contributed by atoms with Gasteiger partial charge in [-0.3, -0.25) is 9.78 Å². The van der Waals surface area contributed by atoms with Gasteiger partial charge < -0.3 is 14.9 Å². The smallest absolute Gasteiger partial charge is 0.320 e. The Hall–Kier alpha value is -2.11. The fraction of sp³-hybridized carbons (Fsp3) is 0.533. The minimum Gasteiger partial charge on any atom is -0.481 e. The molecule has 0 saturated carbocycles. The molecule has 1 aliphatic heterocycles.